The van der Waals surface area contributed by atoms with Crippen LogP contribution in [-0.4, -0.2) is 28.3 Å². The molecule has 0 atom stereocenters. The van der Waals surface area contributed by atoms with E-state index in [1.807, 2.05) is 0 Å². The zero-order valence-corrected chi connectivity index (χ0v) is 12.4. The summed E-state index contributed by atoms with van der Waals surface area (Å²) in [6, 6.07) is 0. The normalized spacial score (nSPS) is 9.69. The van der Waals surface area contributed by atoms with Crippen LogP contribution in [0.1, 0.15) is 36.3 Å². The smallest absolute Gasteiger partial charge is 0.870 e. The Morgan fingerprint density at radius 2 is 2.06 bits per heavy atom. The van der Waals surface area contributed by atoms with Crippen molar-refractivity contribution in [2.24, 2.45) is 0 Å². The van der Waals surface area contributed by atoms with Gasteiger partial charge in [0.15, 0.2) is 5.69 Å². The van der Waals surface area contributed by atoms with Gasteiger partial charge in [-0.25, -0.2) is 11.1 Å². The molecule has 0 aliphatic carbocycles. The van der Waals surface area contributed by atoms with Gasteiger partial charge < -0.3 is 15.0 Å². The zero-order valence-electron chi connectivity index (χ0n) is 9.60. The second-order valence-electron chi connectivity index (χ2n) is 3.64. The van der Waals surface area contributed by atoms with Crippen LogP contribution in [0.25, 0.3) is 0 Å². The predicted octanol–water partition coefficient (Wildman–Crippen LogP) is -1.62. The van der Waals surface area contributed by atoms with Gasteiger partial charge in [0, 0.05) is 5.38 Å². The topological polar surface area (TPSA) is 86.3 Å². The van der Waals surface area contributed by atoms with Crippen molar-refractivity contribution < 1.29 is 49.4 Å². The van der Waals surface area contributed by atoms with Crippen molar-refractivity contribution in [2.75, 3.05) is 0 Å². The Labute approximate surface area is 120 Å². The Morgan fingerprint density at radius 1 is 1.50 bits per heavy atom. The van der Waals surface area contributed by atoms with E-state index in [0.717, 1.165) is 11.3 Å². The summed E-state index contributed by atoms with van der Waals surface area (Å²) < 4.78 is 5.06. The molecule has 16 heavy (non-hydrogen) atoms. The summed E-state index contributed by atoms with van der Waals surface area (Å²) in [4.78, 5) is 25.3. The van der Waals surface area contributed by atoms with E-state index in [-0.39, 0.29) is 45.7 Å². The molecular weight excluding hydrogens is 241 g/mol. The van der Waals surface area contributed by atoms with E-state index < -0.39 is 11.6 Å². The minimum Gasteiger partial charge on any atom is -0.870 e. The van der Waals surface area contributed by atoms with Gasteiger partial charge in [-0.15, -0.1) is 0 Å². The summed E-state index contributed by atoms with van der Waals surface area (Å²) in [5.41, 5.74) is -0.394. The molecule has 1 heterocycles. The maximum Gasteiger partial charge on any atom is 1.00 e. The second kappa shape index (κ2) is 7.13. The van der Waals surface area contributed by atoms with Gasteiger partial charge in [0.25, 0.3) is 0 Å². The first kappa shape index (κ1) is 18.1. The maximum atomic E-state index is 11.4. The summed E-state index contributed by atoms with van der Waals surface area (Å²) in [5, 5.41) is 1.64. The molecule has 0 fully saturated rings. The van der Waals surface area contributed by atoms with Gasteiger partial charge in [-0.05, 0) is 25.8 Å². The summed E-state index contributed by atoms with van der Waals surface area (Å²) >= 11 is 1.07. The van der Waals surface area contributed by atoms with Crippen molar-refractivity contribution in [2.45, 2.75) is 26.4 Å². The molecule has 5 nitrogen and oxygen atoms in total. The van der Waals surface area contributed by atoms with E-state index in [4.69, 9.17) is 4.74 Å². The third-order valence-electron chi connectivity index (χ3n) is 1.20. The van der Waals surface area contributed by atoms with Crippen LogP contribution in [0.5, 0.6) is 0 Å². The SMILES string of the molecule is CC(C)(C)OC(=O)c1csc([C-]=O)n1.[Na+].[OH-]. The molecule has 7 heteroatoms. The molecule has 0 aliphatic heterocycles. The van der Waals surface area contributed by atoms with E-state index in [1.54, 1.807) is 27.1 Å². The number of hydrogen-bond acceptors (Lipinski definition) is 6. The van der Waals surface area contributed by atoms with Crippen LogP contribution in [-0.2, 0) is 9.53 Å². The number of hydrogen-bond donors (Lipinski definition) is 0. The van der Waals surface area contributed by atoms with Crippen molar-refractivity contribution >= 4 is 23.6 Å². The first-order valence-electron chi connectivity index (χ1n) is 3.99. The molecule has 0 bridgehead atoms. The standard InChI is InChI=1S/C9H10NO3S.Na.H2O/c1-9(2,3)13-8(12)6-5-14-7(4-11)10-6;;/h5H,1-3H3;;1H2/q-1;+1;/p-1. The molecule has 0 aromatic carbocycles. The largest absolute Gasteiger partial charge is 1.00 e. The monoisotopic (exact) mass is 252 g/mol. The molecular formula is C9H11NNaO4S-. The van der Waals surface area contributed by atoms with Crippen molar-refractivity contribution in [3.05, 3.63) is 16.1 Å². The predicted molar refractivity (Wildman–Crippen MR) is 54.0 cm³/mol. The van der Waals surface area contributed by atoms with Gasteiger partial charge in [-0.2, -0.15) is 11.3 Å². The Hall–Kier alpha value is -0.270. The minimum absolute atomic E-state index is 0. The number of ether oxygens (including phenoxy) is 1. The van der Waals surface area contributed by atoms with Crippen LogP contribution < -0.4 is 29.6 Å². The number of carbonyl (C=O) groups is 1. The average molecular weight is 252 g/mol. The van der Waals surface area contributed by atoms with Gasteiger partial charge in [0.05, 0.1) is 0 Å². The first-order valence-corrected chi connectivity index (χ1v) is 4.87. The summed E-state index contributed by atoms with van der Waals surface area (Å²) in [5.74, 6) is -0.518. The fraction of sp³-hybridized carbons (Fsp3) is 0.444. The molecule has 1 N–H and O–H groups in total. The van der Waals surface area contributed by atoms with Gasteiger partial charge in [0.1, 0.15) is 5.60 Å². The number of carbonyl (C=O) groups excluding carboxylic acids is 2. The summed E-state index contributed by atoms with van der Waals surface area (Å²) in [7, 11) is 0. The van der Waals surface area contributed by atoms with Crippen LogP contribution in [0, 0.1) is 0 Å². The van der Waals surface area contributed by atoms with Gasteiger partial charge in [0.2, 0.25) is 0 Å². The van der Waals surface area contributed by atoms with Gasteiger partial charge in [-0.1, -0.05) is 0 Å². The van der Waals surface area contributed by atoms with Crippen LogP contribution in [0.15, 0.2) is 5.38 Å². The van der Waals surface area contributed by atoms with Crippen molar-refractivity contribution in [1.29, 1.82) is 0 Å². The van der Waals surface area contributed by atoms with E-state index in [0.29, 0.717) is 0 Å². The van der Waals surface area contributed by atoms with Gasteiger partial charge >= 0.3 is 35.5 Å². The van der Waals surface area contributed by atoms with Crippen molar-refractivity contribution in [3.63, 3.8) is 0 Å². The maximum absolute atomic E-state index is 11.4. The molecule has 0 radical (unpaired) electrons. The average Bonchev–Trinajstić information content (AvgIpc) is 2.48. The zero-order chi connectivity index (χ0) is 10.8. The van der Waals surface area contributed by atoms with Crippen LogP contribution >= 0.6 is 11.3 Å². The number of aromatic nitrogens is 1. The van der Waals surface area contributed by atoms with Gasteiger partial charge in [-0.3, -0.25) is 4.98 Å². The molecule has 0 spiro atoms. The van der Waals surface area contributed by atoms with Crippen molar-refractivity contribution in [3.8, 4) is 0 Å². The number of rotatable bonds is 2. The van der Waals surface area contributed by atoms with E-state index in [2.05, 4.69) is 4.98 Å². The Morgan fingerprint density at radius 3 is 2.44 bits per heavy atom. The van der Waals surface area contributed by atoms with E-state index in [1.165, 1.54) is 5.38 Å². The fourth-order valence-electron chi connectivity index (χ4n) is 0.745. The van der Waals surface area contributed by atoms with Crippen molar-refractivity contribution in [1.82, 2.24) is 4.98 Å². The van der Waals surface area contributed by atoms with Crippen LogP contribution in [0.2, 0.25) is 0 Å². The molecule has 84 valence electrons. The summed E-state index contributed by atoms with van der Waals surface area (Å²) in [6.07, 6.45) is 1.61. The number of thiazole rings is 1. The second-order valence-corrected chi connectivity index (χ2v) is 4.50. The molecule has 0 amide bonds. The molecule has 1 rings (SSSR count). The number of esters is 1. The molecule has 0 unspecified atom stereocenters. The Bertz CT molecular complexity index is 359. The molecule has 0 saturated heterocycles. The van der Waals surface area contributed by atoms with E-state index >= 15 is 0 Å². The molecule has 0 saturated carbocycles. The Kier molecular flexibility index (Phi) is 8.07. The van der Waals surface area contributed by atoms with E-state index in [9.17, 15) is 9.59 Å². The quantitative estimate of drug-likeness (QED) is 0.359. The Balaban J connectivity index is 0. The third-order valence-corrected chi connectivity index (χ3v) is 1.94. The third kappa shape index (κ3) is 5.72. The minimum atomic E-state index is -0.550. The summed E-state index contributed by atoms with van der Waals surface area (Å²) in [6.45, 7) is 5.30. The van der Waals surface area contributed by atoms with Crippen LogP contribution in [0.3, 0.4) is 0 Å². The first-order chi connectivity index (χ1) is 6.42. The molecule has 1 aromatic heterocycles. The molecule has 0 aliphatic rings. The fourth-order valence-corrected chi connectivity index (χ4v) is 1.32. The number of nitrogens with zero attached hydrogens (tertiary/aromatic N) is 1. The van der Waals surface area contributed by atoms with Crippen LogP contribution in [0.4, 0.5) is 0 Å². The molecule has 1 aromatic rings.